The Morgan fingerprint density at radius 3 is 2.60 bits per heavy atom. The van der Waals surface area contributed by atoms with Crippen molar-refractivity contribution in [2.24, 2.45) is 0 Å². The van der Waals surface area contributed by atoms with Gasteiger partial charge in [-0.1, -0.05) is 42.5 Å². The summed E-state index contributed by atoms with van der Waals surface area (Å²) in [5, 5.41) is 0. The molecule has 0 radical (unpaired) electrons. The van der Waals surface area contributed by atoms with Gasteiger partial charge in [0.15, 0.2) is 9.04 Å². The molecule has 0 amide bonds. The first kappa shape index (κ1) is 12.2. The summed E-state index contributed by atoms with van der Waals surface area (Å²) in [6.45, 7) is 5.34. The molecule has 0 aliphatic carbocycles. The molecule has 1 aromatic carbocycles. The zero-order chi connectivity index (χ0) is 10.9. The minimum atomic E-state index is -0.806. The van der Waals surface area contributed by atoms with E-state index in [-0.39, 0.29) is 0 Å². The van der Waals surface area contributed by atoms with Gasteiger partial charge in [0.05, 0.1) is 0 Å². The van der Waals surface area contributed by atoms with E-state index < -0.39 is 9.04 Å². The van der Waals surface area contributed by atoms with Crippen molar-refractivity contribution in [2.45, 2.75) is 25.9 Å². The van der Waals surface area contributed by atoms with Crippen molar-refractivity contribution in [2.75, 3.05) is 6.61 Å². The summed E-state index contributed by atoms with van der Waals surface area (Å²) in [5.74, 6) is 0. The standard InChI is InChI=1S/C13H20OSi/c1-15(2)14-12-8-4-7-11-13-9-5-3-6-10-13/h3,5-7,9-11,15H,4,8,12H2,1-2H3. The average Bonchev–Trinajstić information content (AvgIpc) is 2.24. The monoisotopic (exact) mass is 220 g/mol. The highest BCUT2D eigenvalue weighted by molar-refractivity contribution is 6.48. The van der Waals surface area contributed by atoms with Crippen molar-refractivity contribution < 1.29 is 4.43 Å². The number of hydrogen-bond acceptors (Lipinski definition) is 1. The number of benzene rings is 1. The SMILES string of the molecule is C[SiH](C)OCCCC=Cc1ccccc1. The van der Waals surface area contributed by atoms with Gasteiger partial charge in [-0.15, -0.1) is 0 Å². The largest absolute Gasteiger partial charge is 0.421 e. The van der Waals surface area contributed by atoms with Crippen molar-refractivity contribution >= 4 is 15.1 Å². The third kappa shape index (κ3) is 6.26. The second-order valence-corrected chi connectivity index (χ2v) is 6.31. The van der Waals surface area contributed by atoms with Crippen molar-refractivity contribution in [3.63, 3.8) is 0 Å². The van der Waals surface area contributed by atoms with Gasteiger partial charge in [-0.05, 0) is 31.5 Å². The Kier molecular flexibility index (Phi) is 6.05. The lowest BCUT2D eigenvalue weighted by atomic mass is 10.2. The van der Waals surface area contributed by atoms with E-state index in [0.29, 0.717) is 0 Å². The van der Waals surface area contributed by atoms with Gasteiger partial charge in [0, 0.05) is 6.61 Å². The van der Waals surface area contributed by atoms with E-state index in [9.17, 15) is 0 Å². The molecular weight excluding hydrogens is 200 g/mol. The lowest BCUT2D eigenvalue weighted by molar-refractivity contribution is 0.320. The highest BCUT2D eigenvalue weighted by Gasteiger charge is 1.93. The number of unbranched alkanes of at least 4 members (excludes halogenated alkanes) is 1. The van der Waals surface area contributed by atoms with Gasteiger partial charge in [-0.25, -0.2) is 0 Å². The molecule has 0 aliphatic rings. The van der Waals surface area contributed by atoms with Crippen molar-refractivity contribution in [1.29, 1.82) is 0 Å². The molecule has 0 saturated carbocycles. The van der Waals surface area contributed by atoms with Crippen LogP contribution in [0.3, 0.4) is 0 Å². The summed E-state index contributed by atoms with van der Waals surface area (Å²) in [6.07, 6.45) is 6.64. The fourth-order valence-electron chi connectivity index (χ4n) is 1.30. The molecule has 15 heavy (non-hydrogen) atoms. The molecule has 0 saturated heterocycles. The maximum atomic E-state index is 5.60. The van der Waals surface area contributed by atoms with Crippen LogP contribution < -0.4 is 0 Å². The Morgan fingerprint density at radius 2 is 1.93 bits per heavy atom. The van der Waals surface area contributed by atoms with Crippen LogP contribution >= 0.6 is 0 Å². The Morgan fingerprint density at radius 1 is 1.20 bits per heavy atom. The van der Waals surface area contributed by atoms with Gasteiger partial charge < -0.3 is 4.43 Å². The quantitative estimate of drug-likeness (QED) is 0.527. The first-order valence-electron chi connectivity index (χ1n) is 5.62. The predicted molar refractivity (Wildman–Crippen MR) is 69.5 cm³/mol. The van der Waals surface area contributed by atoms with E-state index in [1.165, 1.54) is 5.56 Å². The Bertz CT molecular complexity index is 280. The topological polar surface area (TPSA) is 9.23 Å². The van der Waals surface area contributed by atoms with Crippen LogP contribution in [0.2, 0.25) is 13.1 Å². The molecule has 0 spiro atoms. The van der Waals surface area contributed by atoms with Gasteiger partial charge in [0.25, 0.3) is 0 Å². The highest BCUT2D eigenvalue weighted by Crippen LogP contribution is 2.03. The molecule has 1 nitrogen and oxygen atoms in total. The van der Waals surface area contributed by atoms with Gasteiger partial charge in [0.2, 0.25) is 0 Å². The fraction of sp³-hybridized carbons (Fsp3) is 0.385. The number of hydrogen-bond donors (Lipinski definition) is 0. The molecule has 0 unspecified atom stereocenters. The third-order valence-electron chi connectivity index (χ3n) is 2.08. The summed E-state index contributed by atoms with van der Waals surface area (Å²) in [6, 6.07) is 10.4. The van der Waals surface area contributed by atoms with E-state index in [2.05, 4.69) is 49.5 Å². The number of rotatable bonds is 6. The van der Waals surface area contributed by atoms with Gasteiger partial charge in [-0.2, -0.15) is 0 Å². The molecule has 0 atom stereocenters. The average molecular weight is 220 g/mol. The van der Waals surface area contributed by atoms with Crippen LogP contribution in [-0.2, 0) is 4.43 Å². The molecule has 0 aliphatic heterocycles. The van der Waals surface area contributed by atoms with Gasteiger partial charge in [-0.3, -0.25) is 0 Å². The van der Waals surface area contributed by atoms with E-state index in [4.69, 9.17) is 4.43 Å². The van der Waals surface area contributed by atoms with Gasteiger partial charge in [0.1, 0.15) is 0 Å². The normalized spacial score (nSPS) is 11.4. The molecule has 82 valence electrons. The highest BCUT2D eigenvalue weighted by atomic mass is 28.3. The molecule has 0 heterocycles. The smallest absolute Gasteiger partial charge is 0.170 e. The van der Waals surface area contributed by atoms with E-state index in [1.807, 2.05) is 6.07 Å². The minimum Gasteiger partial charge on any atom is -0.421 e. The van der Waals surface area contributed by atoms with Crippen LogP contribution in [-0.4, -0.2) is 15.6 Å². The summed E-state index contributed by atoms with van der Waals surface area (Å²) in [5.41, 5.74) is 1.27. The van der Waals surface area contributed by atoms with Crippen LogP contribution in [0.1, 0.15) is 18.4 Å². The maximum Gasteiger partial charge on any atom is 0.170 e. The van der Waals surface area contributed by atoms with Crippen molar-refractivity contribution in [3.8, 4) is 0 Å². The summed E-state index contributed by atoms with van der Waals surface area (Å²) in [4.78, 5) is 0. The lowest BCUT2D eigenvalue weighted by Gasteiger charge is -2.04. The van der Waals surface area contributed by atoms with Gasteiger partial charge >= 0.3 is 0 Å². The summed E-state index contributed by atoms with van der Waals surface area (Å²) >= 11 is 0. The van der Waals surface area contributed by atoms with Crippen LogP contribution in [0.4, 0.5) is 0 Å². The molecule has 0 bridgehead atoms. The van der Waals surface area contributed by atoms with Crippen LogP contribution in [0.25, 0.3) is 6.08 Å². The second kappa shape index (κ2) is 7.43. The molecule has 0 N–H and O–H groups in total. The fourth-order valence-corrected chi connectivity index (χ4v) is 1.94. The third-order valence-corrected chi connectivity index (χ3v) is 2.98. The first-order valence-corrected chi connectivity index (χ1v) is 8.40. The predicted octanol–water partition coefficient (Wildman–Crippen LogP) is 3.48. The van der Waals surface area contributed by atoms with E-state index in [0.717, 1.165) is 19.4 Å². The first-order chi connectivity index (χ1) is 7.29. The minimum absolute atomic E-state index is 0.806. The van der Waals surface area contributed by atoms with E-state index in [1.54, 1.807) is 0 Å². The molecule has 1 rings (SSSR count). The lowest BCUT2D eigenvalue weighted by Crippen LogP contribution is -2.08. The van der Waals surface area contributed by atoms with Crippen LogP contribution in [0.5, 0.6) is 0 Å². The second-order valence-electron chi connectivity index (χ2n) is 3.87. The maximum absolute atomic E-state index is 5.60. The van der Waals surface area contributed by atoms with Crippen LogP contribution in [0.15, 0.2) is 36.4 Å². The zero-order valence-electron chi connectivity index (χ0n) is 9.65. The Labute approximate surface area is 94.5 Å². The Hall–Kier alpha value is -0.863. The Balaban J connectivity index is 2.12. The molecule has 2 heteroatoms. The van der Waals surface area contributed by atoms with Crippen molar-refractivity contribution in [3.05, 3.63) is 42.0 Å². The summed E-state index contributed by atoms with van der Waals surface area (Å²) < 4.78 is 5.60. The molecule has 1 aromatic rings. The molecule has 0 aromatic heterocycles. The molecule has 0 fully saturated rings. The number of allylic oxidation sites excluding steroid dienone is 1. The molecular formula is C13H20OSi. The van der Waals surface area contributed by atoms with Crippen LogP contribution in [0, 0.1) is 0 Å². The van der Waals surface area contributed by atoms with E-state index >= 15 is 0 Å². The summed E-state index contributed by atoms with van der Waals surface area (Å²) in [7, 11) is -0.806. The zero-order valence-corrected chi connectivity index (χ0v) is 10.8. The van der Waals surface area contributed by atoms with Crippen molar-refractivity contribution in [1.82, 2.24) is 0 Å².